The minimum atomic E-state index is -0.204. The summed E-state index contributed by atoms with van der Waals surface area (Å²) in [7, 11) is 1.65. The average Bonchev–Trinajstić information content (AvgIpc) is 3.15. The SMILES string of the molecule is COC(C)c1nc(CNC(=O)c2cc(N3CCOCC3)ccn2)cs1. The lowest BCUT2D eigenvalue weighted by atomic mass is 10.2. The average molecular weight is 362 g/mol. The van der Waals surface area contributed by atoms with Crippen molar-refractivity contribution in [2.45, 2.75) is 19.6 Å². The summed E-state index contributed by atoms with van der Waals surface area (Å²) < 4.78 is 10.6. The van der Waals surface area contributed by atoms with Gasteiger partial charge >= 0.3 is 0 Å². The third-order valence-electron chi connectivity index (χ3n) is 4.05. The second-order valence-electron chi connectivity index (χ2n) is 5.74. The first-order chi connectivity index (χ1) is 12.2. The molecule has 3 heterocycles. The molecular formula is C17H22N4O3S. The number of ether oxygens (including phenoxy) is 2. The molecule has 0 spiro atoms. The van der Waals surface area contributed by atoms with Gasteiger partial charge in [0.05, 0.1) is 25.5 Å². The Kier molecular flexibility index (Phi) is 5.95. The van der Waals surface area contributed by atoms with E-state index in [0.717, 1.165) is 29.5 Å². The highest BCUT2D eigenvalue weighted by Gasteiger charge is 2.15. The third-order valence-corrected chi connectivity index (χ3v) is 5.11. The summed E-state index contributed by atoms with van der Waals surface area (Å²) in [5.74, 6) is -0.204. The Hall–Kier alpha value is -2.03. The Morgan fingerprint density at radius 1 is 1.48 bits per heavy atom. The molecule has 1 aliphatic rings. The van der Waals surface area contributed by atoms with Crippen molar-refractivity contribution in [1.29, 1.82) is 0 Å². The Labute approximate surface area is 151 Å². The number of thiazole rings is 1. The monoisotopic (exact) mass is 362 g/mol. The summed E-state index contributed by atoms with van der Waals surface area (Å²) in [4.78, 5) is 23.2. The molecule has 1 atom stereocenters. The number of morpholine rings is 1. The molecule has 2 aromatic heterocycles. The van der Waals surface area contributed by atoms with Crippen LogP contribution in [0.2, 0.25) is 0 Å². The van der Waals surface area contributed by atoms with Crippen molar-refractivity contribution in [3.63, 3.8) is 0 Å². The highest BCUT2D eigenvalue weighted by molar-refractivity contribution is 7.09. The van der Waals surface area contributed by atoms with Gasteiger partial charge in [-0.05, 0) is 19.1 Å². The second-order valence-corrected chi connectivity index (χ2v) is 6.63. The maximum atomic E-state index is 12.4. The highest BCUT2D eigenvalue weighted by Crippen LogP contribution is 2.20. The van der Waals surface area contributed by atoms with Crippen LogP contribution in [-0.2, 0) is 16.0 Å². The van der Waals surface area contributed by atoms with Crippen molar-refractivity contribution in [2.75, 3.05) is 38.3 Å². The molecule has 8 heteroatoms. The van der Waals surface area contributed by atoms with Crippen molar-refractivity contribution >= 4 is 22.9 Å². The van der Waals surface area contributed by atoms with Crippen LogP contribution in [0.1, 0.15) is 34.2 Å². The summed E-state index contributed by atoms with van der Waals surface area (Å²) in [6.07, 6.45) is 1.63. The second kappa shape index (κ2) is 8.37. The molecule has 1 fully saturated rings. The number of nitrogens with zero attached hydrogens (tertiary/aromatic N) is 3. The number of hydrogen-bond acceptors (Lipinski definition) is 7. The van der Waals surface area contributed by atoms with Crippen LogP contribution in [0.15, 0.2) is 23.7 Å². The first-order valence-electron chi connectivity index (χ1n) is 8.21. The van der Waals surface area contributed by atoms with E-state index in [9.17, 15) is 4.79 Å². The predicted octanol–water partition coefficient (Wildman–Crippen LogP) is 2.01. The van der Waals surface area contributed by atoms with Gasteiger partial charge in [0, 0.05) is 37.5 Å². The van der Waals surface area contributed by atoms with Crippen LogP contribution in [0.25, 0.3) is 0 Å². The maximum Gasteiger partial charge on any atom is 0.270 e. The summed E-state index contributed by atoms with van der Waals surface area (Å²) >= 11 is 1.53. The van der Waals surface area contributed by atoms with E-state index in [-0.39, 0.29) is 12.0 Å². The highest BCUT2D eigenvalue weighted by atomic mass is 32.1. The number of methoxy groups -OCH3 is 1. The Morgan fingerprint density at radius 2 is 2.28 bits per heavy atom. The molecule has 1 saturated heterocycles. The molecule has 134 valence electrons. The Morgan fingerprint density at radius 3 is 3.04 bits per heavy atom. The molecule has 2 aromatic rings. The zero-order chi connectivity index (χ0) is 17.6. The zero-order valence-electron chi connectivity index (χ0n) is 14.4. The van der Waals surface area contributed by atoms with Crippen LogP contribution < -0.4 is 10.2 Å². The van der Waals surface area contributed by atoms with Gasteiger partial charge in [0.1, 0.15) is 16.8 Å². The molecule has 1 aliphatic heterocycles. The number of nitrogens with one attached hydrogen (secondary N) is 1. The zero-order valence-corrected chi connectivity index (χ0v) is 15.2. The van der Waals surface area contributed by atoms with Crippen molar-refractivity contribution in [3.8, 4) is 0 Å². The smallest absolute Gasteiger partial charge is 0.270 e. The summed E-state index contributed by atoms with van der Waals surface area (Å²) in [6, 6.07) is 3.74. The predicted molar refractivity (Wildman–Crippen MR) is 96.0 cm³/mol. The molecule has 25 heavy (non-hydrogen) atoms. The van der Waals surface area contributed by atoms with Gasteiger partial charge in [0.25, 0.3) is 5.91 Å². The van der Waals surface area contributed by atoms with Gasteiger partial charge in [0.15, 0.2) is 0 Å². The van der Waals surface area contributed by atoms with E-state index in [2.05, 4.69) is 20.2 Å². The summed E-state index contributed by atoms with van der Waals surface area (Å²) in [5.41, 5.74) is 2.22. The molecular weight excluding hydrogens is 340 g/mol. The van der Waals surface area contributed by atoms with E-state index in [1.54, 1.807) is 13.3 Å². The number of hydrogen-bond donors (Lipinski definition) is 1. The molecule has 0 radical (unpaired) electrons. The fourth-order valence-electron chi connectivity index (χ4n) is 2.51. The summed E-state index contributed by atoms with van der Waals surface area (Å²) in [6.45, 7) is 5.37. The number of anilines is 1. The first kappa shape index (κ1) is 17.8. The van der Waals surface area contributed by atoms with Gasteiger partial charge in [-0.1, -0.05) is 0 Å². The van der Waals surface area contributed by atoms with Crippen LogP contribution in [0.4, 0.5) is 5.69 Å². The van der Waals surface area contributed by atoms with E-state index in [1.807, 2.05) is 24.4 Å². The molecule has 0 aromatic carbocycles. The minimum absolute atomic E-state index is 0.0404. The third kappa shape index (κ3) is 4.53. The van der Waals surface area contributed by atoms with Crippen LogP contribution in [0, 0.1) is 0 Å². The van der Waals surface area contributed by atoms with Gasteiger partial charge in [-0.15, -0.1) is 11.3 Å². The van der Waals surface area contributed by atoms with Gasteiger partial charge in [-0.3, -0.25) is 9.78 Å². The van der Waals surface area contributed by atoms with Crippen LogP contribution in [-0.4, -0.2) is 49.3 Å². The minimum Gasteiger partial charge on any atom is -0.378 e. The number of carbonyl (C=O) groups is 1. The van der Waals surface area contributed by atoms with E-state index in [4.69, 9.17) is 9.47 Å². The normalized spacial score (nSPS) is 15.8. The largest absolute Gasteiger partial charge is 0.378 e. The number of amides is 1. The van der Waals surface area contributed by atoms with E-state index in [0.29, 0.717) is 25.5 Å². The molecule has 1 amide bonds. The fourth-order valence-corrected chi connectivity index (χ4v) is 3.37. The standard InChI is InChI=1S/C17H22N4O3S/c1-12(23-2)17-20-13(11-25-17)10-19-16(22)15-9-14(3-4-18-15)21-5-7-24-8-6-21/h3-4,9,11-12H,5-8,10H2,1-2H3,(H,19,22). The topological polar surface area (TPSA) is 76.6 Å². The summed E-state index contributed by atoms with van der Waals surface area (Å²) in [5, 5.41) is 5.71. The lowest BCUT2D eigenvalue weighted by Crippen LogP contribution is -2.36. The molecule has 1 unspecified atom stereocenters. The number of aromatic nitrogens is 2. The lowest BCUT2D eigenvalue weighted by molar-refractivity contribution is 0.0945. The van der Waals surface area contributed by atoms with Gasteiger partial charge in [-0.2, -0.15) is 0 Å². The van der Waals surface area contributed by atoms with Crippen molar-refractivity contribution in [2.24, 2.45) is 0 Å². The number of pyridine rings is 1. The van der Waals surface area contributed by atoms with Crippen molar-refractivity contribution in [1.82, 2.24) is 15.3 Å². The molecule has 3 rings (SSSR count). The Balaban J connectivity index is 1.60. The molecule has 7 nitrogen and oxygen atoms in total. The number of carbonyl (C=O) groups excluding carboxylic acids is 1. The molecule has 0 aliphatic carbocycles. The van der Waals surface area contributed by atoms with E-state index >= 15 is 0 Å². The first-order valence-corrected chi connectivity index (χ1v) is 9.09. The van der Waals surface area contributed by atoms with Crippen LogP contribution in [0.5, 0.6) is 0 Å². The van der Waals surface area contributed by atoms with Crippen molar-refractivity contribution < 1.29 is 14.3 Å². The van der Waals surface area contributed by atoms with Crippen molar-refractivity contribution in [3.05, 3.63) is 40.1 Å². The number of rotatable bonds is 6. The fraction of sp³-hybridized carbons (Fsp3) is 0.471. The van der Waals surface area contributed by atoms with Gasteiger partial charge < -0.3 is 19.7 Å². The quantitative estimate of drug-likeness (QED) is 0.847. The lowest BCUT2D eigenvalue weighted by Gasteiger charge is -2.28. The molecule has 0 bridgehead atoms. The van der Waals surface area contributed by atoms with Crippen LogP contribution >= 0.6 is 11.3 Å². The Bertz CT molecular complexity index is 715. The molecule has 1 N–H and O–H groups in total. The van der Waals surface area contributed by atoms with Gasteiger partial charge in [0.2, 0.25) is 0 Å². The molecule has 0 saturated carbocycles. The maximum absolute atomic E-state index is 12.4. The van der Waals surface area contributed by atoms with E-state index in [1.165, 1.54) is 11.3 Å². The van der Waals surface area contributed by atoms with E-state index < -0.39 is 0 Å². The van der Waals surface area contributed by atoms with Crippen LogP contribution in [0.3, 0.4) is 0 Å². The van der Waals surface area contributed by atoms with Gasteiger partial charge in [-0.25, -0.2) is 4.98 Å².